The minimum Gasteiger partial charge on any atom is -0.549 e. The third-order valence-corrected chi connectivity index (χ3v) is 7.43. The number of carboxylic acid groups (broad SMARTS) is 1. The SMILES string of the molecule is CSCON=C(C(=O)NC1C(=O)N2CC(COC(=O)CC(C)=O)(C(=O)[O-])CS[C@H]12)c1nsc(N)n1.[Na+]. The topological polar surface area (TPSA) is 206 Å². The number of nitrogens with zero attached hydrogens (tertiary/aromatic N) is 4. The number of nitrogens with one attached hydrogen (secondary N) is 1. The number of nitrogen functional groups attached to an aromatic ring is 1. The van der Waals surface area contributed by atoms with Crippen LogP contribution in [0.15, 0.2) is 5.16 Å². The predicted molar refractivity (Wildman–Crippen MR) is 124 cm³/mol. The Balaban J connectivity index is 0.00000456. The molecular formula is C18H21N6NaO8S3. The fraction of sp³-hybridized carbons (Fsp3) is 0.556. The van der Waals surface area contributed by atoms with Gasteiger partial charge in [-0.05, 0) is 13.2 Å². The van der Waals surface area contributed by atoms with Gasteiger partial charge in [-0.25, -0.2) is 0 Å². The molecule has 2 fully saturated rings. The number of amides is 2. The van der Waals surface area contributed by atoms with E-state index in [9.17, 15) is 29.1 Å². The molecule has 0 saturated carbocycles. The number of rotatable bonds is 11. The van der Waals surface area contributed by atoms with Crippen molar-refractivity contribution in [2.45, 2.75) is 24.8 Å². The third-order valence-electron chi connectivity index (χ3n) is 4.96. The maximum absolute atomic E-state index is 12.9. The Kier molecular flexibility index (Phi) is 11.0. The second kappa shape index (κ2) is 13.0. The summed E-state index contributed by atoms with van der Waals surface area (Å²) in [6, 6.07) is -0.964. The van der Waals surface area contributed by atoms with Crippen molar-refractivity contribution in [1.82, 2.24) is 19.6 Å². The van der Waals surface area contributed by atoms with Gasteiger partial charge in [-0.15, -0.1) is 23.5 Å². The number of Topliss-reactive ketones (excluding diaryl/α,β-unsaturated/α-hetero) is 1. The van der Waals surface area contributed by atoms with Crippen molar-refractivity contribution < 1.29 is 68.2 Å². The van der Waals surface area contributed by atoms with Crippen LogP contribution in [-0.4, -0.2) is 92.0 Å². The summed E-state index contributed by atoms with van der Waals surface area (Å²) in [6.45, 7) is 0.366. The number of hydrogen-bond donors (Lipinski definition) is 2. The van der Waals surface area contributed by atoms with Crippen molar-refractivity contribution in [3.63, 3.8) is 0 Å². The van der Waals surface area contributed by atoms with Crippen molar-refractivity contribution >= 4 is 75.4 Å². The van der Waals surface area contributed by atoms with E-state index < -0.39 is 59.4 Å². The number of esters is 1. The summed E-state index contributed by atoms with van der Waals surface area (Å²) in [5.41, 5.74) is 3.67. The molecule has 2 unspecified atom stereocenters. The Morgan fingerprint density at radius 2 is 2.11 bits per heavy atom. The molecular weight excluding hydrogens is 547 g/mol. The van der Waals surface area contributed by atoms with Gasteiger partial charge in [0, 0.05) is 23.8 Å². The number of β-lactam (4-membered cyclic amide) rings is 1. The molecule has 0 spiro atoms. The van der Waals surface area contributed by atoms with Gasteiger partial charge in [-0.3, -0.25) is 19.2 Å². The zero-order valence-electron chi connectivity index (χ0n) is 19.5. The Labute approximate surface area is 239 Å². The quantitative estimate of drug-likeness (QED) is 0.0375. The number of carbonyl (C=O) groups is 5. The molecule has 0 aliphatic carbocycles. The number of carboxylic acids is 1. The van der Waals surface area contributed by atoms with E-state index in [1.54, 1.807) is 6.26 Å². The molecule has 2 saturated heterocycles. The first kappa shape index (κ1) is 30.3. The van der Waals surface area contributed by atoms with Crippen LogP contribution in [0.25, 0.3) is 0 Å². The maximum Gasteiger partial charge on any atom is 1.00 e. The van der Waals surface area contributed by atoms with Gasteiger partial charge < -0.3 is 35.4 Å². The molecule has 14 nitrogen and oxygen atoms in total. The number of nitrogens with two attached hydrogens (primary N) is 1. The zero-order chi connectivity index (χ0) is 25.8. The van der Waals surface area contributed by atoms with Crippen LogP contribution < -0.4 is 45.7 Å². The predicted octanol–water partition coefficient (Wildman–Crippen LogP) is -5.18. The first-order chi connectivity index (χ1) is 16.6. The molecule has 0 bridgehead atoms. The summed E-state index contributed by atoms with van der Waals surface area (Å²) in [6.07, 6.45) is 1.28. The Morgan fingerprint density at radius 3 is 2.69 bits per heavy atom. The maximum atomic E-state index is 12.9. The van der Waals surface area contributed by atoms with Gasteiger partial charge in [-0.1, -0.05) is 5.16 Å². The summed E-state index contributed by atoms with van der Waals surface area (Å²) in [5.74, 6) is -4.04. The fourth-order valence-corrected chi connectivity index (χ4v) is 5.35. The van der Waals surface area contributed by atoms with Crippen LogP contribution in [0.3, 0.4) is 0 Å². The number of oxime groups is 1. The van der Waals surface area contributed by atoms with Gasteiger partial charge in [0.2, 0.25) is 17.4 Å². The van der Waals surface area contributed by atoms with E-state index in [4.69, 9.17) is 15.3 Å². The molecule has 2 aliphatic rings. The Bertz CT molecular complexity index is 1070. The van der Waals surface area contributed by atoms with E-state index in [1.807, 2.05) is 0 Å². The molecule has 3 N–H and O–H groups in total. The summed E-state index contributed by atoms with van der Waals surface area (Å²) in [4.78, 5) is 70.5. The average Bonchev–Trinajstić information content (AvgIpc) is 3.23. The molecule has 0 aromatic carbocycles. The molecule has 0 radical (unpaired) electrons. The Hall–Kier alpha value is -1.92. The largest absolute Gasteiger partial charge is 1.00 e. The number of ether oxygens (including phenoxy) is 1. The molecule has 3 rings (SSSR count). The number of fused-ring (bicyclic) bond motifs is 1. The second-order valence-corrected chi connectivity index (χ2v) is 10.4. The van der Waals surface area contributed by atoms with E-state index in [1.165, 1.54) is 23.6 Å². The number of anilines is 1. The summed E-state index contributed by atoms with van der Waals surface area (Å²) in [5, 5.41) is 17.8. The molecule has 2 amide bonds. The first-order valence-corrected chi connectivity index (χ1v) is 13.2. The van der Waals surface area contributed by atoms with Crippen molar-refractivity contribution in [3.05, 3.63) is 5.82 Å². The van der Waals surface area contributed by atoms with Crippen molar-refractivity contribution in [1.29, 1.82) is 0 Å². The first-order valence-electron chi connectivity index (χ1n) is 9.96. The van der Waals surface area contributed by atoms with Crippen LogP contribution in [0.1, 0.15) is 19.2 Å². The second-order valence-electron chi connectivity index (χ2n) is 7.66. The van der Waals surface area contributed by atoms with Gasteiger partial charge in [0.15, 0.2) is 11.1 Å². The number of hydrogen-bond acceptors (Lipinski definition) is 15. The van der Waals surface area contributed by atoms with Crippen LogP contribution in [0.2, 0.25) is 0 Å². The van der Waals surface area contributed by atoms with E-state index in [0.717, 1.165) is 23.3 Å². The van der Waals surface area contributed by atoms with Crippen molar-refractivity contribution in [3.8, 4) is 0 Å². The van der Waals surface area contributed by atoms with Crippen molar-refractivity contribution in [2.75, 3.05) is 36.8 Å². The Morgan fingerprint density at radius 1 is 1.39 bits per heavy atom. The van der Waals surface area contributed by atoms with Gasteiger partial charge >= 0.3 is 35.5 Å². The number of aromatic nitrogens is 2. The van der Waals surface area contributed by atoms with Gasteiger partial charge in [0.25, 0.3) is 5.91 Å². The minimum atomic E-state index is -1.65. The molecule has 36 heavy (non-hydrogen) atoms. The van der Waals surface area contributed by atoms with Crippen LogP contribution in [0.5, 0.6) is 0 Å². The van der Waals surface area contributed by atoms with E-state index in [0.29, 0.717) is 0 Å². The normalized spacial score (nSPS) is 23.0. The van der Waals surface area contributed by atoms with E-state index in [-0.39, 0.29) is 64.5 Å². The molecule has 3 atom stereocenters. The van der Waals surface area contributed by atoms with Crippen LogP contribution in [0, 0.1) is 5.41 Å². The fourth-order valence-electron chi connectivity index (χ4n) is 3.24. The number of ketones is 1. The average molecular weight is 569 g/mol. The number of thioether (sulfide) groups is 2. The van der Waals surface area contributed by atoms with Crippen LogP contribution in [0.4, 0.5) is 5.13 Å². The van der Waals surface area contributed by atoms with Gasteiger partial charge in [0.1, 0.15) is 30.2 Å². The van der Waals surface area contributed by atoms with Crippen LogP contribution >= 0.6 is 35.1 Å². The molecule has 3 heterocycles. The van der Waals surface area contributed by atoms with Crippen molar-refractivity contribution in [2.24, 2.45) is 10.6 Å². The monoisotopic (exact) mass is 568 g/mol. The standard InChI is InChI=1S/C18H22N6O8S3.Na/c1-8(25)3-9(26)31-5-18(16(29)30)4-24-14(28)11(15(24)34-6-18)20-13(27)10(22-32-7-33-2)12-21-17(19)35-23-12;/h11,15H,3-7H2,1-2H3,(H,20,27)(H,29,30)(H2,19,21,23);/q;+1/p-1/t11?,15-,18?;/m1./s1. The third kappa shape index (κ3) is 6.89. The summed E-state index contributed by atoms with van der Waals surface area (Å²) < 4.78 is 8.91. The number of aliphatic carboxylic acids is 1. The molecule has 1 aromatic rings. The summed E-state index contributed by atoms with van der Waals surface area (Å²) in [7, 11) is 0. The van der Waals surface area contributed by atoms with Gasteiger partial charge in [-0.2, -0.15) is 9.36 Å². The zero-order valence-corrected chi connectivity index (χ0v) is 24.0. The van der Waals surface area contributed by atoms with E-state index >= 15 is 0 Å². The molecule has 2 aliphatic heterocycles. The molecule has 18 heteroatoms. The smallest absolute Gasteiger partial charge is 0.549 e. The minimum absolute atomic E-state index is 0. The van der Waals surface area contributed by atoms with Gasteiger partial charge in [0.05, 0.1) is 11.4 Å². The molecule has 190 valence electrons. The van der Waals surface area contributed by atoms with E-state index in [2.05, 4.69) is 19.8 Å². The molecule has 1 aromatic heterocycles. The van der Waals surface area contributed by atoms with Crippen LogP contribution in [-0.2, 0) is 33.5 Å². The number of carbonyl (C=O) groups excluding carboxylic acids is 5. The summed E-state index contributed by atoms with van der Waals surface area (Å²) >= 11 is 3.27.